The molecule has 33 heavy (non-hydrogen) atoms. The van der Waals surface area contributed by atoms with Crippen LogP contribution in [0.25, 0.3) is 0 Å². The van der Waals surface area contributed by atoms with E-state index in [9.17, 15) is 5.11 Å². The van der Waals surface area contributed by atoms with Crippen LogP contribution in [0.15, 0.2) is 77.5 Å². The molecule has 1 N–H and O–H groups in total. The first-order valence-corrected chi connectivity index (χ1v) is 12.0. The number of amidine groups is 1. The van der Waals surface area contributed by atoms with Crippen LogP contribution in [0.4, 0.5) is 5.82 Å². The van der Waals surface area contributed by atoms with Gasteiger partial charge in [-0.3, -0.25) is 4.68 Å². The van der Waals surface area contributed by atoms with E-state index in [0.29, 0.717) is 17.9 Å². The molecule has 0 bridgehead atoms. The largest absolute Gasteiger partial charge is 0.504 e. The molecule has 2 aliphatic heterocycles. The Labute approximate surface area is 196 Å². The molecule has 0 radical (unpaired) electrons. The Morgan fingerprint density at radius 2 is 1.85 bits per heavy atom. The van der Waals surface area contributed by atoms with Gasteiger partial charge in [-0.1, -0.05) is 57.2 Å². The van der Waals surface area contributed by atoms with Gasteiger partial charge in [-0.2, -0.15) is 5.10 Å². The van der Waals surface area contributed by atoms with Gasteiger partial charge in [-0.15, -0.1) is 0 Å². The summed E-state index contributed by atoms with van der Waals surface area (Å²) in [5, 5.41) is 15.5. The van der Waals surface area contributed by atoms with Crippen molar-refractivity contribution in [3.05, 3.63) is 83.7 Å². The summed E-state index contributed by atoms with van der Waals surface area (Å²) in [7, 11) is 1.90. The van der Waals surface area contributed by atoms with Crippen LogP contribution in [0, 0.1) is 0 Å². The van der Waals surface area contributed by atoms with Gasteiger partial charge in [0.15, 0.2) is 11.6 Å². The zero-order valence-electron chi connectivity index (χ0n) is 19.7. The molecular weight excluding hydrogens is 410 g/mol. The Morgan fingerprint density at radius 3 is 2.55 bits per heavy atom. The average molecular weight is 444 g/mol. The van der Waals surface area contributed by atoms with Crippen LogP contribution in [0.5, 0.6) is 0 Å². The second-order valence-electron chi connectivity index (χ2n) is 9.49. The highest BCUT2D eigenvalue weighted by Gasteiger charge is 2.42. The van der Waals surface area contributed by atoms with Gasteiger partial charge >= 0.3 is 0 Å². The molecule has 172 valence electrons. The highest BCUT2D eigenvalue weighted by Crippen LogP contribution is 2.46. The van der Waals surface area contributed by atoms with Gasteiger partial charge in [0, 0.05) is 44.2 Å². The smallest absolute Gasteiger partial charge is 0.166 e. The molecule has 5 rings (SSSR count). The molecule has 2 aromatic rings. The first-order valence-electron chi connectivity index (χ1n) is 12.0. The lowest BCUT2D eigenvalue weighted by atomic mass is 9.75. The predicted octanol–water partition coefficient (Wildman–Crippen LogP) is 5.22. The van der Waals surface area contributed by atoms with E-state index >= 15 is 0 Å². The van der Waals surface area contributed by atoms with Crippen molar-refractivity contribution in [3.63, 3.8) is 0 Å². The summed E-state index contributed by atoms with van der Waals surface area (Å²) < 4.78 is 1.78. The van der Waals surface area contributed by atoms with E-state index in [1.165, 1.54) is 24.0 Å². The standard InChI is InChI=1S/C27H33N5O/c1-5-21-9-8-10-22(17-21)27(12-6-7-13-27)18-24-28-19(2)26(33)25-20(3)31(15-16-32(24)25)23-11-14-30(4)29-23/h8-11,14,17,33H,2-3,5-7,12-13,15-16,18H2,1,4H3. The van der Waals surface area contributed by atoms with Crippen molar-refractivity contribution < 1.29 is 5.11 Å². The van der Waals surface area contributed by atoms with Crippen molar-refractivity contribution in [3.8, 4) is 0 Å². The lowest BCUT2D eigenvalue weighted by Gasteiger charge is -2.44. The number of aryl methyl sites for hydroxylation is 2. The monoisotopic (exact) mass is 443 g/mol. The van der Waals surface area contributed by atoms with E-state index < -0.39 is 0 Å². The number of anilines is 1. The van der Waals surface area contributed by atoms with E-state index in [4.69, 9.17) is 4.99 Å². The number of rotatable bonds is 5. The topological polar surface area (TPSA) is 56.9 Å². The molecule has 1 saturated carbocycles. The first-order chi connectivity index (χ1) is 15.9. The van der Waals surface area contributed by atoms with Crippen LogP contribution < -0.4 is 4.90 Å². The first kappa shape index (κ1) is 21.6. The number of piperazine rings is 1. The fourth-order valence-corrected chi connectivity index (χ4v) is 5.64. The molecule has 3 aliphatic rings. The number of fused-ring (bicyclic) bond motifs is 1. The van der Waals surface area contributed by atoms with Gasteiger partial charge in [0.1, 0.15) is 17.2 Å². The number of aliphatic hydroxyl groups excluding tert-OH is 1. The van der Waals surface area contributed by atoms with Crippen LogP contribution in [0.3, 0.4) is 0 Å². The molecule has 1 saturated heterocycles. The van der Waals surface area contributed by atoms with Gasteiger partial charge in [0.05, 0.1) is 5.70 Å². The average Bonchev–Trinajstić information content (AvgIpc) is 3.47. The maximum absolute atomic E-state index is 11.0. The van der Waals surface area contributed by atoms with Crippen molar-refractivity contribution in [1.29, 1.82) is 0 Å². The summed E-state index contributed by atoms with van der Waals surface area (Å²) in [5.74, 6) is 1.93. The van der Waals surface area contributed by atoms with Crippen molar-refractivity contribution in [2.75, 3.05) is 18.0 Å². The molecule has 0 atom stereocenters. The molecule has 1 aliphatic carbocycles. The Kier molecular flexibility index (Phi) is 5.39. The van der Waals surface area contributed by atoms with Gasteiger partial charge in [0.25, 0.3) is 0 Å². The summed E-state index contributed by atoms with van der Waals surface area (Å²) in [5.41, 5.74) is 4.72. The lowest BCUT2D eigenvalue weighted by Crippen LogP contribution is -2.49. The molecule has 1 aromatic carbocycles. The van der Waals surface area contributed by atoms with Crippen LogP contribution in [0.2, 0.25) is 0 Å². The van der Waals surface area contributed by atoms with Gasteiger partial charge in [0.2, 0.25) is 0 Å². The van der Waals surface area contributed by atoms with Crippen LogP contribution >= 0.6 is 0 Å². The summed E-state index contributed by atoms with van der Waals surface area (Å²) in [6.45, 7) is 12.1. The van der Waals surface area contributed by atoms with E-state index in [2.05, 4.69) is 59.2 Å². The number of hydrogen-bond donors (Lipinski definition) is 1. The van der Waals surface area contributed by atoms with Gasteiger partial charge < -0.3 is 14.9 Å². The minimum atomic E-state index is 0.0712. The third-order valence-corrected chi connectivity index (χ3v) is 7.47. The Bertz CT molecular complexity index is 1160. The number of aliphatic imine (C=N–C) groups is 1. The highest BCUT2D eigenvalue weighted by atomic mass is 16.3. The Morgan fingerprint density at radius 1 is 1.09 bits per heavy atom. The maximum Gasteiger partial charge on any atom is 0.166 e. The second kappa shape index (κ2) is 8.25. The molecule has 1 aromatic heterocycles. The van der Waals surface area contributed by atoms with Crippen molar-refractivity contribution in [2.24, 2.45) is 12.0 Å². The lowest BCUT2D eigenvalue weighted by molar-refractivity contribution is 0.355. The van der Waals surface area contributed by atoms with E-state index in [1.807, 2.05) is 19.3 Å². The summed E-state index contributed by atoms with van der Waals surface area (Å²) >= 11 is 0. The molecule has 0 amide bonds. The van der Waals surface area contributed by atoms with Crippen molar-refractivity contribution in [2.45, 2.75) is 50.9 Å². The summed E-state index contributed by atoms with van der Waals surface area (Å²) in [4.78, 5) is 9.05. The molecule has 0 unspecified atom stereocenters. The van der Waals surface area contributed by atoms with E-state index in [1.54, 1.807) is 4.68 Å². The third-order valence-electron chi connectivity index (χ3n) is 7.47. The minimum absolute atomic E-state index is 0.0712. The fraction of sp³-hybridized carbons (Fsp3) is 0.407. The molecule has 6 heteroatoms. The fourth-order valence-electron chi connectivity index (χ4n) is 5.64. The quantitative estimate of drug-likeness (QED) is 0.689. The Balaban J connectivity index is 1.48. The zero-order valence-corrected chi connectivity index (χ0v) is 19.7. The van der Waals surface area contributed by atoms with Crippen LogP contribution in [-0.2, 0) is 18.9 Å². The summed E-state index contributed by atoms with van der Waals surface area (Å²) in [6, 6.07) is 11.1. The minimum Gasteiger partial charge on any atom is -0.504 e. The maximum atomic E-state index is 11.0. The van der Waals surface area contributed by atoms with Crippen LogP contribution in [-0.4, -0.2) is 38.7 Å². The molecular formula is C27H33N5O. The number of benzene rings is 1. The zero-order chi connectivity index (χ0) is 23.2. The SMILES string of the molecule is C=C1N=C(CC2(c3cccc(CC)c3)CCCC2)N2CCN(c3ccn(C)n3)C(=C)C2=C1O. The number of hydrogen-bond acceptors (Lipinski definition) is 5. The van der Waals surface area contributed by atoms with E-state index in [0.717, 1.165) is 49.6 Å². The molecule has 2 fully saturated rings. The van der Waals surface area contributed by atoms with Crippen LogP contribution in [0.1, 0.15) is 50.2 Å². The van der Waals surface area contributed by atoms with Crippen molar-refractivity contribution in [1.82, 2.24) is 14.7 Å². The Hall–Kier alpha value is -3.28. The number of nitrogens with zero attached hydrogens (tertiary/aromatic N) is 5. The van der Waals surface area contributed by atoms with Crippen molar-refractivity contribution >= 4 is 11.7 Å². The van der Waals surface area contributed by atoms with E-state index in [-0.39, 0.29) is 11.2 Å². The number of aromatic nitrogens is 2. The van der Waals surface area contributed by atoms with Gasteiger partial charge in [-0.25, -0.2) is 4.99 Å². The molecule has 3 heterocycles. The second-order valence-corrected chi connectivity index (χ2v) is 9.49. The predicted molar refractivity (Wildman–Crippen MR) is 133 cm³/mol. The third kappa shape index (κ3) is 3.67. The normalized spacial score (nSPS) is 20.4. The molecule has 0 spiro atoms. The number of aliphatic hydroxyl groups is 1. The highest BCUT2D eigenvalue weighted by molar-refractivity contribution is 5.90. The van der Waals surface area contributed by atoms with Gasteiger partial charge in [-0.05, 0) is 30.4 Å². The summed E-state index contributed by atoms with van der Waals surface area (Å²) in [6.07, 6.45) is 8.59. The molecule has 6 nitrogen and oxygen atoms in total.